The van der Waals surface area contributed by atoms with Crippen molar-refractivity contribution >= 4 is 28.5 Å². The molecule has 3 rings (SSSR count). The number of fused-ring (bicyclic) bond motifs is 3. The number of rotatable bonds is 3. The van der Waals surface area contributed by atoms with Gasteiger partial charge in [0.05, 0.1) is 0 Å². The number of nitrogens with one attached hydrogen (secondary N) is 1. The summed E-state index contributed by atoms with van der Waals surface area (Å²) in [4.78, 5) is 19.6. The SMILES string of the molecule is O=C(CO)N1CCc2[nH]c3c(F)c(Cl)c(OC(F)F)nc3c2C1. The molecule has 0 aliphatic carbocycles. The maximum Gasteiger partial charge on any atom is 0.388 e. The average molecular weight is 350 g/mol. The minimum Gasteiger partial charge on any atom is -0.415 e. The molecule has 1 amide bonds. The summed E-state index contributed by atoms with van der Waals surface area (Å²) in [6.07, 6.45) is 0.388. The van der Waals surface area contributed by atoms with E-state index in [9.17, 15) is 18.0 Å². The number of aromatic amines is 1. The van der Waals surface area contributed by atoms with Crippen molar-refractivity contribution in [2.24, 2.45) is 0 Å². The number of halogens is 4. The fourth-order valence-corrected chi connectivity index (χ4v) is 2.77. The molecule has 0 aromatic carbocycles. The highest BCUT2D eigenvalue weighted by Crippen LogP contribution is 2.35. The molecule has 0 unspecified atom stereocenters. The van der Waals surface area contributed by atoms with Crippen LogP contribution in [0.4, 0.5) is 13.2 Å². The Morgan fingerprint density at radius 1 is 1.52 bits per heavy atom. The predicted octanol–water partition coefficient (Wildman–Crippen LogP) is 1.83. The third kappa shape index (κ3) is 2.70. The van der Waals surface area contributed by atoms with Crippen LogP contribution in [0.1, 0.15) is 11.3 Å². The van der Waals surface area contributed by atoms with E-state index >= 15 is 0 Å². The predicted molar refractivity (Wildman–Crippen MR) is 73.9 cm³/mol. The molecule has 2 aromatic rings. The fraction of sp³-hybridized carbons (Fsp3) is 0.385. The molecule has 0 spiro atoms. The van der Waals surface area contributed by atoms with E-state index in [2.05, 4.69) is 14.7 Å². The molecule has 0 saturated carbocycles. The molecule has 23 heavy (non-hydrogen) atoms. The number of ether oxygens (including phenoxy) is 1. The maximum absolute atomic E-state index is 14.3. The Balaban J connectivity index is 2.10. The third-order valence-electron chi connectivity index (χ3n) is 3.65. The zero-order chi connectivity index (χ0) is 16.7. The van der Waals surface area contributed by atoms with E-state index in [1.807, 2.05) is 0 Å². The molecule has 0 saturated heterocycles. The summed E-state index contributed by atoms with van der Waals surface area (Å²) in [5.41, 5.74) is 1.18. The number of aliphatic hydroxyl groups is 1. The number of nitrogens with zero attached hydrogens (tertiary/aromatic N) is 2. The molecule has 10 heteroatoms. The second kappa shape index (κ2) is 5.89. The first-order valence-corrected chi connectivity index (χ1v) is 7.02. The molecule has 1 aliphatic heterocycles. The zero-order valence-corrected chi connectivity index (χ0v) is 12.3. The van der Waals surface area contributed by atoms with Crippen LogP contribution in [0.25, 0.3) is 11.0 Å². The lowest BCUT2D eigenvalue weighted by Gasteiger charge is -2.26. The molecule has 0 fully saturated rings. The number of amides is 1. The van der Waals surface area contributed by atoms with Gasteiger partial charge in [-0.15, -0.1) is 0 Å². The van der Waals surface area contributed by atoms with Gasteiger partial charge in [0.2, 0.25) is 11.8 Å². The first-order chi connectivity index (χ1) is 10.9. The van der Waals surface area contributed by atoms with Gasteiger partial charge in [-0.2, -0.15) is 8.78 Å². The molecule has 6 nitrogen and oxygen atoms in total. The number of aliphatic hydroxyl groups excluding tert-OH is 1. The molecule has 3 heterocycles. The van der Waals surface area contributed by atoms with Crippen LogP contribution in [0.3, 0.4) is 0 Å². The van der Waals surface area contributed by atoms with Crippen LogP contribution in [-0.2, 0) is 17.8 Å². The van der Waals surface area contributed by atoms with Crippen LogP contribution in [0, 0.1) is 5.82 Å². The van der Waals surface area contributed by atoms with Gasteiger partial charge in [-0.3, -0.25) is 4.79 Å². The number of aromatic nitrogens is 2. The number of pyridine rings is 1. The number of carbonyl (C=O) groups excluding carboxylic acids is 1. The van der Waals surface area contributed by atoms with E-state index in [1.54, 1.807) is 0 Å². The Morgan fingerprint density at radius 3 is 2.91 bits per heavy atom. The lowest BCUT2D eigenvalue weighted by Crippen LogP contribution is -2.37. The first-order valence-electron chi connectivity index (χ1n) is 6.64. The monoisotopic (exact) mass is 349 g/mol. The number of hydrogen-bond donors (Lipinski definition) is 2. The first kappa shape index (κ1) is 15.9. The van der Waals surface area contributed by atoms with Crippen molar-refractivity contribution in [1.29, 1.82) is 0 Å². The van der Waals surface area contributed by atoms with Crippen molar-refractivity contribution < 1.29 is 27.8 Å². The van der Waals surface area contributed by atoms with Crippen molar-refractivity contribution in [3.63, 3.8) is 0 Å². The zero-order valence-electron chi connectivity index (χ0n) is 11.6. The van der Waals surface area contributed by atoms with E-state index in [4.69, 9.17) is 16.7 Å². The van der Waals surface area contributed by atoms with E-state index in [0.29, 0.717) is 24.2 Å². The topological polar surface area (TPSA) is 78.5 Å². The van der Waals surface area contributed by atoms with E-state index in [0.717, 1.165) is 0 Å². The van der Waals surface area contributed by atoms with Gasteiger partial charge >= 0.3 is 6.61 Å². The molecule has 2 aromatic heterocycles. The summed E-state index contributed by atoms with van der Waals surface area (Å²) in [5.74, 6) is -2.13. The summed E-state index contributed by atoms with van der Waals surface area (Å²) >= 11 is 5.67. The number of alkyl halides is 2. The lowest BCUT2D eigenvalue weighted by molar-refractivity contribution is -0.135. The van der Waals surface area contributed by atoms with E-state index < -0.39 is 35.8 Å². The summed E-state index contributed by atoms with van der Waals surface area (Å²) in [6.45, 7) is -3.42. The molecule has 0 radical (unpaired) electrons. The second-order valence-electron chi connectivity index (χ2n) is 4.95. The van der Waals surface area contributed by atoms with Gasteiger partial charge < -0.3 is 19.7 Å². The van der Waals surface area contributed by atoms with E-state index in [-0.39, 0.29) is 17.6 Å². The minimum absolute atomic E-state index is 0.0279. The van der Waals surface area contributed by atoms with Gasteiger partial charge in [0, 0.05) is 30.8 Å². The summed E-state index contributed by atoms with van der Waals surface area (Å²) < 4.78 is 43.2. The Labute approximate surface area is 132 Å². The van der Waals surface area contributed by atoms with Crippen LogP contribution in [-0.4, -0.2) is 45.6 Å². The molecular weight excluding hydrogens is 339 g/mol. The molecule has 0 bridgehead atoms. The van der Waals surface area contributed by atoms with Crippen LogP contribution in [0.2, 0.25) is 5.02 Å². The van der Waals surface area contributed by atoms with Crippen molar-refractivity contribution in [2.45, 2.75) is 19.6 Å². The van der Waals surface area contributed by atoms with Crippen molar-refractivity contribution in [1.82, 2.24) is 14.9 Å². The second-order valence-corrected chi connectivity index (χ2v) is 5.33. The van der Waals surface area contributed by atoms with Gasteiger partial charge in [0.1, 0.15) is 22.7 Å². The third-order valence-corrected chi connectivity index (χ3v) is 3.97. The standard InChI is InChI=1S/C13H11ClF3N3O3/c14-8-9(15)11-10(19-12(8)23-13(16)17)5-3-20(7(22)4-21)2-1-6(5)18-11/h13,18,21H,1-4H2. The van der Waals surface area contributed by atoms with Crippen LogP contribution in [0.5, 0.6) is 5.88 Å². The Bertz CT molecular complexity index is 781. The Kier molecular flexibility index (Phi) is 4.07. The minimum atomic E-state index is -3.20. The van der Waals surface area contributed by atoms with Gasteiger partial charge in [0.15, 0.2) is 5.82 Å². The maximum atomic E-state index is 14.3. The van der Waals surface area contributed by atoms with Crippen molar-refractivity contribution in [3.8, 4) is 5.88 Å². The lowest BCUT2D eigenvalue weighted by atomic mass is 10.1. The van der Waals surface area contributed by atoms with Crippen molar-refractivity contribution in [3.05, 3.63) is 22.1 Å². The highest BCUT2D eigenvalue weighted by Gasteiger charge is 2.28. The normalized spacial score (nSPS) is 14.4. The van der Waals surface area contributed by atoms with Gasteiger partial charge in [-0.25, -0.2) is 9.37 Å². The molecular formula is C13H11ClF3N3O3. The quantitative estimate of drug-likeness (QED) is 0.886. The van der Waals surface area contributed by atoms with Crippen molar-refractivity contribution in [2.75, 3.05) is 13.2 Å². The molecule has 0 atom stereocenters. The van der Waals surface area contributed by atoms with Gasteiger partial charge in [0.25, 0.3) is 0 Å². The summed E-state index contributed by atoms with van der Waals surface area (Å²) in [6, 6.07) is 0. The molecule has 124 valence electrons. The highest BCUT2D eigenvalue weighted by atomic mass is 35.5. The van der Waals surface area contributed by atoms with Crippen LogP contribution >= 0.6 is 11.6 Å². The van der Waals surface area contributed by atoms with Crippen LogP contribution in [0.15, 0.2) is 0 Å². The van der Waals surface area contributed by atoms with Gasteiger partial charge in [-0.05, 0) is 0 Å². The van der Waals surface area contributed by atoms with E-state index in [1.165, 1.54) is 4.90 Å². The summed E-state index contributed by atoms with van der Waals surface area (Å²) in [5, 5.41) is 8.29. The Hall–Kier alpha value is -2.00. The largest absolute Gasteiger partial charge is 0.415 e. The molecule has 2 N–H and O–H groups in total. The van der Waals surface area contributed by atoms with Crippen LogP contribution < -0.4 is 4.74 Å². The number of hydrogen-bond acceptors (Lipinski definition) is 4. The fourth-order valence-electron chi connectivity index (χ4n) is 2.59. The number of carbonyl (C=O) groups is 1. The van der Waals surface area contributed by atoms with Gasteiger partial charge in [-0.1, -0.05) is 11.6 Å². The average Bonchev–Trinajstić information content (AvgIpc) is 2.89. The highest BCUT2D eigenvalue weighted by molar-refractivity contribution is 6.32. The Morgan fingerprint density at radius 2 is 2.26 bits per heavy atom. The number of H-pyrrole nitrogens is 1. The smallest absolute Gasteiger partial charge is 0.388 e. The molecule has 1 aliphatic rings. The summed E-state index contributed by atoms with van der Waals surface area (Å²) in [7, 11) is 0.